The zero-order chi connectivity index (χ0) is 33.3. The SMILES string of the molecule is CC(C)N1C=CN(C(C)C)C1c1ccnc(-c2[c-]cc([Si](C)(C)C)c3c2oc2ccccc23)c1.Cc1ccc(-c2[c-]cccc2)nc1.[Ir]. The van der Waals surface area contributed by atoms with Crippen LogP contribution in [-0.2, 0) is 20.1 Å². The van der Waals surface area contributed by atoms with Crippen LogP contribution < -0.4 is 5.19 Å². The van der Waals surface area contributed by atoms with Crippen LogP contribution in [0.2, 0.25) is 19.6 Å². The first-order valence-corrected chi connectivity index (χ1v) is 20.0. The zero-order valence-electron chi connectivity index (χ0n) is 29.1. The van der Waals surface area contributed by atoms with Gasteiger partial charge in [0.25, 0.3) is 0 Å². The van der Waals surface area contributed by atoms with Crippen LogP contribution in [0.15, 0.2) is 108 Å². The molecule has 249 valence electrons. The molecule has 1 radical (unpaired) electrons. The van der Waals surface area contributed by atoms with Crippen molar-refractivity contribution in [2.45, 2.75) is 72.5 Å². The summed E-state index contributed by atoms with van der Waals surface area (Å²) in [5.41, 5.74) is 8.09. The molecule has 0 saturated carbocycles. The molecule has 0 atom stereocenters. The summed E-state index contributed by atoms with van der Waals surface area (Å²) in [5, 5.41) is 3.79. The molecule has 0 amide bonds. The zero-order valence-corrected chi connectivity index (χ0v) is 32.5. The number of aromatic nitrogens is 2. The molecule has 0 aliphatic carbocycles. The Labute approximate surface area is 300 Å². The first kappa shape index (κ1) is 35.3. The van der Waals surface area contributed by atoms with E-state index in [1.54, 1.807) is 0 Å². The molecule has 0 bridgehead atoms. The quantitative estimate of drug-likeness (QED) is 0.124. The number of benzene rings is 3. The van der Waals surface area contributed by atoms with Gasteiger partial charge in [0.2, 0.25) is 0 Å². The van der Waals surface area contributed by atoms with Crippen LogP contribution in [0.25, 0.3) is 44.5 Å². The van der Waals surface area contributed by atoms with E-state index >= 15 is 0 Å². The van der Waals surface area contributed by atoms with E-state index in [9.17, 15) is 0 Å². The molecule has 1 aliphatic rings. The Morgan fingerprint density at radius 1 is 0.812 bits per heavy atom. The maximum atomic E-state index is 6.48. The summed E-state index contributed by atoms with van der Waals surface area (Å²) in [6.45, 7) is 18.1. The standard InChI is InChI=1S/C29H34N3OSi.C12H10N.Ir/c1-19(2)31-16-17-32(20(3)4)29(31)21-14-15-30-24(18-21)22-12-13-26(34(5,6)7)27-23-10-8-9-11-25(23)33-28(22)27;1-10-7-8-12(13-9-10)11-5-3-2-4-6-11;/h8-11,13-20,29H,1-7H3;2-5,7-9H,1H3;/q2*-1;. The third kappa shape index (κ3) is 7.19. The van der Waals surface area contributed by atoms with Gasteiger partial charge in [0.05, 0.1) is 5.58 Å². The number of hydrogen-bond donors (Lipinski definition) is 0. The Balaban J connectivity index is 0.000000270. The van der Waals surface area contributed by atoms with Gasteiger partial charge in [-0.1, -0.05) is 67.0 Å². The summed E-state index contributed by atoms with van der Waals surface area (Å²) in [5.74, 6) is 0. The Kier molecular flexibility index (Phi) is 10.7. The normalized spacial score (nSPS) is 13.4. The topological polar surface area (TPSA) is 45.4 Å². The molecule has 3 aromatic heterocycles. The van der Waals surface area contributed by atoms with Gasteiger partial charge in [-0.2, -0.15) is 0 Å². The van der Waals surface area contributed by atoms with Gasteiger partial charge in [-0.05, 0) is 69.3 Å². The van der Waals surface area contributed by atoms with E-state index in [-0.39, 0.29) is 26.3 Å². The van der Waals surface area contributed by atoms with E-state index in [4.69, 9.17) is 9.40 Å². The number of furan rings is 1. The van der Waals surface area contributed by atoms with Gasteiger partial charge in [-0.25, -0.2) is 0 Å². The molecular formula is C41H44IrN4OSi-2. The molecule has 3 aromatic carbocycles. The Morgan fingerprint density at radius 2 is 1.52 bits per heavy atom. The molecule has 7 rings (SSSR count). The number of pyridine rings is 2. The molecule has 0 saturated heterocycles. The molecule has 5 nitrogen and oxygen atoms in total. The second-order valence-corrected chi connectivity index (χ2v) is 18.9. The van der Waals surface area contributed by atoms with Crippen molar-refractivity contribution < 1.29 is 24.5 Å². The van der Waals surface area contributed by atoms with E-state index in [1.165, 1.54) is 27.1 Å². The molecule has 0 fully saturated rings. The first-order chi connectivity index (χ1) is 22.5. The van der Waals surface area contributed by atoms with E-state index in [2.05, 4.69) is 129 Å². The Morgan fingerprint density at radius 3 is 2.15 bits per heavy atom. The molecule has 48 heavy (non-hydrogen) atoms. The second kappa shape index (κ2) is 14.6. The van der Waals surface area contributed by atoms with Gasteiger partial charge in [0.15, 0.2) is 0 Å². The number of fused-ring (bicyclic) bond motifs is 3. The number of nitrogens with zero attached hydrogens (tertiary/aromatic N) is 4. The summed E-state index contributed by atoms with van der Waals surface area (Å²) < 4.78 is 6.48. The summed E-state index contributed by atoms with van der Waals surface area (Å²) in [4.78, 5) is 13.9. The third-order valence-corrected chi connectivity index (χ3v) is 10.7. The van der Waals surface area contributed by atoms with Crippen molar-refractivity contribution in [1.29, 1.82) is 0 Å². The van der Waals surface area contributed by atoms with Crippen molar-refractivity contribution in [1.82, 2.24) is 19.8 Å². The van der Waals surface area contributed by atoms with Gasteiger partial charge in [0.1, 0.15) is 11.7 Å². The molecule has 6 aromatic rings. The average Bonchev–Trinajstić information content (AvgIpc) is 3.68. The van der Waals surface area contributed by atoms with E-state index in [0.717, 1.165) is 33.7 Å². The maximum absolute atomic E-state index is 6.48. The number of hydrogen-bond acceptors (Lipinski definition) is 5. The fourth-order valence-corrected chi connectivity index (χ4v) is 7.70. The van der Waals surface area contributed by atoms with Gasteiger partial charge >= 0.3 is 0 Å². The predicted octanol–water partition coefficient (Wildman–Crippen LogP) is 9.75. The predicted molar refractivity (Wildman–Crippen MR) is 198 cm³/mol. The van der Waals surface area contributed by atoms with Crippen LogP contribution in [0.5, 0.6) is 0 Å². The second-order valence-electron chi connectivity index (χ2n) is 13.9. The summed E-state index contributed by atoms with van der Waals surface area (Å²) in [6, 6.07) is 34.4. The first-order valence-electron chi connectivity index (χ1n) is 16.5. The van der Waals surface area contributed by atoms with E-state index < -0.39 is 8.07 Å². The monoisotopic (exact) mass is 829 g/mol. The largest absolute Gasteiger partial charge is 0.501 e. The molecule has 1 aliphatic heterocycles. The fraction of sp³-hybridized carbons (Fsp3) is 0.268. The Hall–Kier alpha value is -4.03. The van der Waals surface area contributed by atoms with E-state index in [0.29, 0.717) is 12.1 Å². The maximum Gasteiger partial charge on any atom is 0.127 e. The van der Waals surface area contributed by atoms with Crippen LogP contribution in [0.4, 0.5) is 0 Å². The number of para-hydroxylation sites is 1. The summed E-state index contributed by atoms with van der Waals surface area (Å²) in [6.07, 6.45) is 8.36. The van der Waals surface area contributed by atoms with Crippen molar-refractivity contribution in [2.24, 2.45) is 0 Å². The summed E-state index contributed by atoms with van der Waals surface area (Å²) >= 11 is 0. The van der Waals surface area contributed by atoms with E-state index in [1.807, 2.05) is 55.7 Å². The van der Waals surface area contributed by atoms with Crippen molar-refractivity contribution in [3.05, 3.63) is 127 Å². The van der Waals surface area contributed by atoms with Crippen LogP contribution >= 0.6 is 0 Å². The van der Waals surface area contributed by atoms with Crippen LogP contribution in [0.3, 0.4) is 0 Å². The Bertz CT molecular complexity index is 1990. The van der Waals surface area contributed by atoms with Gasteiger partial charge in [-0.15, -0.1) is 53.2 Å². The number of rotatable bonds is 6. The minimum absolute atomic E-state index is 0. The van der Waals surface area contributed by atoms with Crippen LogP contribution in [-0.4, -0.2) is 39.9 Å². The van der Waals surface area contributed by atoms with Crippen molar-refractivity contribution in [3.8, 4) is 22.5 Å². The fourth-order valence-electron chi connectivity index (χ4n) is 6.20. The minimum Gasteiger partial charge on any atom is -0.501 e. The smallest absolute Gasteiger partial charge is 0.127 e. The van der Waals surface area contributed by atoms with Crippen molar-refractivity contribution in [3.63, 3.8) is 0 Å². The average molecular weight is 829 g/mol. The summed E-state index contributed by atoms with van der Waals surface area (Å²) in [7, 11) is -1.61. The molecule has 4 heterocycles. The molecule has 0 spiro atoms. The van der Waals surface area contributed by atoms with Gasteiger partial charge < -0.3 is 24.2 Å². The van der Waals surface area contributed by atoms with Gasteiger partial charge in [-0.3, -0.25) is 0 Å². The van der Waals surface area contributed by atoms with Crippen molar-refractivity contribution >= 4 is 35.2 Å². The van der Waals surface area contributed by atoms with Crippen LogP contribution in [0, 0.1) is 19.1 Å². The molecule has 0 unspecified atom stereocenters. The van der Waals surface area contributed by atoms with Crippen molar-refractivity contribution in [2.75, 3.05) is 0 Å². The van der Waals surface area contributed by atoms with Crippen LogP contribution in [0.1, 0.15) is 45.0 Å². The third-order valence-electron chi connectivity index (χ3n) is 8.66. The minimum atomic E-state index is -1.61. The molecule has 7 heteroatoms. The molecule has 0 N–H and O–H groups in total. The number of aryl methyl sites for hydroxylation is 1. The molecular weight excluding hydrogens is 785 g/mol. The van der Waals surface area contributed by atoms with Gasteiger partial charge in [0, 0.05) is 70.4 Å².